The van der Waals surface area contributed by atoms with Crippen LogP contribution in [0.1, 0.15) is 31.5 Å². The van der Waals surface area contributed by atoms with Crippen LogP contribution >= 0.6 is 0 Å². The van der Waals surface area contributed by atoms with Crippen molar-refractivity contribution < 1.29 is 4.79 Å². The summed E-state index contributed by atoms with van der Waals surface area (Å²) in [4.78, 5) is 22.6. The summed E-state index contributed by atoms with van der Waals surface area (Å²) in [6, 6.07) is 4.40. The lowest BCUT2D eigenvalue weighted by Crippen LogP contribution is -2.45. The van der Waals surface area contributed by atoms with Crippen LogP contribution in [0.2, 0.25) is 0 Å². The highest BCUT2D eigenvalue weighted by atomic mass is 16.2. The van der Waals surface area contributed by atoms with Gasteiger partial charge in [-0.05, 0) is 31.4 Å². The Morgan fingerprint density at radius 1 is 1.46 bits per heavy atom. The average molecular weight is 331 g/mol. The van der Waals surface area contributed by atoms with Gasteiger partial charge in [-0.15, -0.1) is 0 Å². The second-order valence-corrected chi connectivity index (χ2v) is 6.63. The predicted octanol–water partition coefficient (Wildman–Crippen LogP) is 1.35. The molecule has 6 nitrogen and oxygen atoms in total. The fourth-order valence-electron chi connectivity index (χ4n) is 2.80. The molecule has 6 heteroatoms. The largest absolute Gasteiger partial charge is 0.356 e. The van der Waals surface area contributed by atoms with Gasteiger partial charge in [-0.25, -0.2) is 0 Å². The summed E-state index contributed by atoms with van der Waals surface area (Å²) in [5, 5.41) is 6.75. The van der Waals surface area contributed by atoms with E-state index in [9.17, 15) is 4.79 Å². The number of nitrogens with zero attached hydrogens (tertiary/aromatic N) is 3. The number of pyridine rings is 1. The molecule has 24 heavy (non-hydrogen) atoms. The van der Waals surface area contributed by atoms with Gasteiger partial charge in [0.25, 0.3) is 0 Å². The summed E-state index contributed by atoms with van der Waals surface area (Å²) in [7, 11) is 1.77. The third kappa shape index (κ3) is 5.22. The third-order valence-corrected chi connectivity index (χ3v) is 4.24. The molecule has 0 saturated carbocycles. The van der Waals surface area contributed by atoms with Gasteiger partial charge in [0.05, 0.1) is 0 Å². The Kier molecular flexibility index (Phi) is 6.58. The molecule has 1 unspecified atom stereocenters. The highest BCUT2D eigenvalue weighted by Gasteiger charge is 2.27. The standard InChI is InChI=1S/C18H29N5O/c1-13(2)17(24)23-10-8-16(12-23)22-18(19-4)20-9-7-15-6-5-14(3)21-11-15/h5-6,11,13,16H,7-10,12H2,1-4H3,(H2,19,20,22). The molecule has 0 aliphatic carbocycles. The van der Waals surface area contributed by atoms with Crippen LogP contribution in [0.5, 0.6) is 0 Å². The van der Waals surface area contributed by atoms with E-state index in [1.54, 1.807) is 7.05 Å². The minimum Gasteiger partial charge on any atom is -0.356 e. The number of aliphatic imine (C=N–C) groups is 1. The molecule has 0 spiro atoms. The van der Waals surface area contributed by atoms with E-state index in [0.717, 1.165) is 44.1 Å². The molecular weight excluding hydrogens is 302 g/mol. The topological polar surface area (TPSA) is 69.6 Å². The Bertz CT molecular complexity index is 567. The first kappa shape index (κ1) is 18.2. The van der Waals surface area contributed by atoms with E-state index in [4.69, 9.17) is 0 Å². The summed E-state index contributed by atoms with van der Waals surface area (Å²) in [6.45, 7) is 8.25. The fraction of sp³-hybridized carbons (Fsp3) is 0.611. The van der Waals surface area contributed by atoms with Crippen molar-refractivity contribution in [1.82, 2.24) is 20.5 Å². The van der Waals surface area contributed by atoms with E-state index in [1.807, 2.05) is 37.9 Å². The first-order valence-corrected chi connectivity index (χ1v) is 8.67. The molecule has 1 aliphatic rings. The number of rotatable bonds is 5. The lowest BCUT2D eigenvalue weighted by Gasteiger charge is -2.20. The van der Waals surface area contributed by atoms with Gasteiger partial charge < -0.3 is 15.5 Å². The van der Waals surface area contributed by atoms with Crippen LogP contribution < -0.4 is 10.6 Å². The van der Waals surface area contributed by atoms with Crippen LogP contribution in [0.15, 0.2) is 23.3 Å². The summed E-state index contributed by atoms with van der Waals surface area (Å²) in [5.41, 5.74) is 2.24. The highest BCUT2D eigenvalue weighted by molar-refractivity contribution is 5.81. The van der Waals surface area contributed by atoms with Gasteiger partial charge in [-0.3, -0.25) is 14.8 Å². The molecule has 1 fully saturated rings. The van der Waals surface area contributed by atoms with Crippen molar-refractivity contribution in [2.24, 2.45) is 10.9 Å². The maximum Gasteiger partial charge on any atom is 0.225 e. The minimum atomic E-state index is 0.0595. The summed E-state index contributed by atoms with van der Waals surface area (Å²) in [6.07, 6.45) is 3.78. The Morgan fingerprint density at radius 2 is 2.25 bits per heavy atom. The van der Waals surface area contributed by atoms with Crippen molar-refractivity contribution in [2.75, 3.05) is 26.7 Å². The number of carbonyl (C=O) groups excluding carboxylic acids is 1. The van der Waals surface area contributed by atoms with E-state index in [2.05, 4.69) is 26.7 Å². The number of amides is 1. The van der Waals surface area contributed by atoms with Crippen LogP contribution in [-0.2, 0) is 11.2 Å². The SMILES string of the molecule is CN=C(NCCc1ccc(C)nc1)NC1CCN(C(=O)C(C)C)C1. The van der Waals surface area contributed by atoms with E-state index in [1.165, 1.54) is 5.56 Å². The fourth-order valence-corrected chi connectivity index (χ4v) is 2.80. The van der Waals surface area contributed by atoms with E-state index >= 15 is 0 Å². The third-order valence-electron chi connectivity index (χ3n) is 4.24. The van der Waals surface area contributed by atoms with Crippen LogP contribution in [0.25, 0.3) is 0 Å². The van der Waals surface area contributed by atoms with Crippen molar-refractivity contribution >= 4 is 11.9 Å². The first-order valence-electron chi connectivity index (χ1n) is 8.67. The minimum absolute atomic E-state index is 0.0595. The molecule has 0 aromatic carbocycles. The molecule has 1 atom stereocenters. The zero-order chi connectivity index (χ0) is 17.5. The molecule has 1 aliphatic heterocycles. The summed E-state index contributed by atoms with van der Waals surface area (Å²) < 4.78 is 0. The number of guanidine groups is 1. The van der Waals surface area contributed by atoms with Crippen molar-refractivity contribution in [1.29, 1.82) is 0 Å². The molecule has 1 amide bonds. The molecule has 1 aromatic rings. The van der Waals surface area contributed by atoms with Crippen LogP contribution in [0.4, 0.5) is 0 Å². The number of nitrogens with one attached hydrogen (secondary N) is 2. The summed E-state index contributed by atoms with van der Waals surface area (Å²) >= 11 is 0. The monoisotopic (exact) mass is 331 g/mol. The van der Waals surface area contributed by atoms with Gasteiger partial charge in [0.2, 0.25) is 5.91 Å². The van der Waals surface area contributed by atoms with Crippen molar-refractivity contribution in [3.8, 4) is 0 Å². The van der Waals surface area contributed by atoms with E-state index < -0.39 is 0 Å². The lowest BCUT2D eigenvalue weighted by molar-refractivity contribution is -0.133. The van der Waals surface area contributed by atoms with E-state index in [0.29, 0.717) is 0 Å². The molecule has 2 rings (SSSR count). The van der Waals surface area contributed by atoms with Gasteiger partial charge in [-0.1, -0.05) is 19.9 Å². The molecular formula is C18H29N5O. The zero-order valence-corrected chi connectivity index (χ0v) is 15.2. The second kappa shape index (κ2) is 8.66. The Labute approximate surface area is 144 Å². The number of carbonyl (C=O) groups is 1. The van der Waals surface area contributed by atoms with Gasteiger partial charge in [0.1, 0.15) is 0 Å². The average Bonchev–Trinajstić information content (AvgIpc) is 3.03. The molecule has 0 radical (unpaired) electrons. The first-order chi connectivity index (χ1) is 11.5. The maximum atomic E-state index is 12.0. The van der Waals surface area contributed by atoms with Crippen LogP contribution in [0, 0.1) is 12.8 Å². The number of aryl methyl sites for hydroxylation is 1. The molecule has 2 N–H and O–H groups in total. The van der Waals surface area contributed by atoms with Gasteiger partial charge >= 0.3 is 0 Å². The molecule has 2 heterocycles. The Hall–Kier alpha value is -2.11. The Balaban J connectivity index is 1.75. The van der Waals surface area contributed by atoms with Gasteiger partial charge in [0, 0.05) is 50.5 Å². The zero-order valence-electron chi connectivity index (χ0n) is 15.2. The molecule has 132 valence electrons. The number of likely N-dealkylation sites (tertiary alicyclic amines) is 1. The van der Waals surface area contributed by atoms with Gasteiger partial charge in [0.15, 0.2) is 5.96 Å². The van der Waals surface area contributed by atoms with Crippen molar-refractivity contribution in [2.45, 2.75) is 39.7 Å². The number of aromatic nitrogens is 1. The smallest absolute Gasteiger partial charge is 0.225 e. The number of hydrogen-bond donors (Lipinski definition) is 2. The van der Waals surface area contributed by atoms with Crippen molar-refractivity contribution in [3.05, 3.63) is 29.6 Å². The quantitative estimate of drug-likeness (QED) is 0.631. The molecule has 0 bridgehead atoms. The highest BCUT2D eigenvalue weighted by Crippen LogP contribution is 2.12. The lowest BCUT2D eigenvalue weighted by atomic mass is 10.2. The maximum absolute atomic E-state index is 12.0. The summed E-state index contributed by atoms with van der Waals surface area (Å²) in [5.74, 6) is 1.08. The second-order valence-electron chi connectivity index (χ2n) is 6.63. The van der Waals surface area contributed by atoms with Crippen LogP contribution in [0.3, 0.4) is 0 Å². The Morgan fingerprint density at radius 3 is 2.88 bits per heavy atom. The predicted molar refractivity (Wildman–Crippen MR) is 97.0 cm³/mol. The normalized spacial score (nSPS) is 18.1. The van der Waals surface area contributed by atoms with Gasteiger partial charge in [-0.2, -0.15) is 0 Å². The molecule has 1 aromatic heterocycles. The van der Waals surface area contributed by atoms with Crippen LogP contribution in [-0.4, -0.2) is 54.5 Å². The molecule has 1 saturated heterocycles. The number of hydrogen-bond acceptors (Lipinski definition) is 3. The van der Waals surface area contributed by atoms with Crippen molar-refractivity contribution in [3.63, 3.8) is 0 Å². The van der Waals surface area contributed by atoms with E-state index in [-0.39, 0.29) is 17.9 Å².